The fourth-order valence-corrected chi connectivity index (χ4v) is 2.20. The van der Waals surface area contributed by atoms with Crippen LogP contribution in [0.4, 0.5) is 0 Å². The average Bonchev–Trinajstić information content (AvgIpc) is 2.56. The van der Waals surface area contributed by atoms with E-state index in [1.165, 1.54) is 17.8 Å². The molecule has 0 aliphatic rings. The summed E-state index contributed by atoms with van der Waals surface area (Å²) in [5, 5.41) is 0. The molecule has 1 aromatic carbocycles. The highest BCUT2D eigenvalue weighted by molar-refractivity contribution is 8.13. The lowest BCUT2D eigenvalue weighted by atomic mass is 10.2. The van der Waals surface area contributed by atoms with E-state index in [0.29, 0.717) is 0 Å². The van der Waals surface area contributed by atoms with Gasteiger partial charge in [0.2, 0.25) is 0 Å². The Kier molecular flexibility index (Phi) is 5.14. The number of hydrogen-bond acceptors (Lipinski definition) is 3. The summed E-state index contributed by atoms with van der Waals surface area (Å²) in [6, 6.07) is 6.37. The van der Waals surface area contributed by atoms with Gasteiger partial charge in [0.05, 0.1) is 10.6 Å². The number of imidazole rings is 1. The molecule has 0 saturated heterocycles. The zero-order valence-corrected chi connectivity index (χ0v) is 12.9. The molecule has 0 spiro atoms. The fraction of sp³-hybridized carbons (Fsp3) is 0.308. The molecule has 6 heteroatoms. The van der Waals surface area contributed by atoms with Crippen LogP contribution >= 0.6 is 10.7 Å². The Morgan fingerprint density at radius 3 is 1.84 bits per heavy atom. The molecule has 4 nitrogen and oxygen atoms in total. The molecular weight excluding hydrogens is 284 g/mol. The van der Waals surface area contributed by atoms with Crippen LogP contribution in [-0.2, 0) is 9.05 Å². The summed E-state index contributed by atoms with van der Waals surface area (Å²) in [6.45, 7) is 7.86. The van der Waals surface area contributed by atoms with Gasteiger partial charge in [-0.1, -0.05) is 17.7 Å². The second-order valence-corrected chi connectivity index (χ2v) is 6.85. The van der Waals surface area contributed by atoms with Gasteiger partial charge in [-0.15, -0.1) is 0 Å². The first-order valence-corrected chi connectivity index (χ1v) is 8.02. The molecule has 104 valence electrons. The smallest absolute Gasteiger partial charge is 0.261 e. The van der Waals surface area contributed by atoms with Gasteiger partial charge in [0.25, 0.3) is 9.05 Å². The first kappa shape index (κ1) is 15.7. The number of hydrogen-bond donors (Lipinski definition) is 1. The van der Waals surface area contributed by atoms with Crippen molar-refractivity contribution in [2.75, 3.05) is 0 Å². The summed E-state index contributed by atoms with van der Waals surface area (Å²) in [4.78, 5) is 7.39. The topological polar surface area (TPSA) is 62.8 Å². The Hall–Kier alpha value is -1.33. The van der Waals surface area contributed by atoms with E-state index in [1.54, 1.807) is 12.1 Å². The Labute approximate surface area is 118 Å². The van der Waals surface area contributed by atoms with Gasteiger partial charge >= 0.3 is 0 Å². The number of aryl methyl sites for hydroxylation is 4. The van der Waals surface area contributed by atoms with E-state index in [1.807, 2.05) is 27.7 Å². The van der Waals surface area contributed by atoms with Crippen LogP contribution in [0, 0.1) is 27.7 Å². The van der Waals surface area contributed by atoms with E-state index in [0.717, 1.165) is 17.1 Å². The van der Waals surface area contributed by atoms with Crippen molar-refractivity contribution in [1.29, 1.82) is 0 Å². The third-order valence-electron chi connectivity index (χ3n) is 2.55. The highest BCUT2D eigenvalue weighted by Gasteiger charge is 2.07. The Balaban J connectivity index is 0.000000200. The normalized spacial score (nSPS) is 10.8. The van der Waals surface area contributed by atoms with Crippen molar-refractivity contribution in [2.45, 2.75) is 32.6 Å². The highest BCUT2D eigenvalue weighted by atomic mass is 35.7. The summed E-state index contributed by atoms with van der Waals surface area (Å²) < 4.78 is 21.4. The minimum Gasteiger partial charge on any atom is -0.346 e. The van der Waals surface area contributed by atoms with Crippen molar-refractivity contribution >= 4 is 19.7 Å². The lowest BCUT2D eigenvalue weighted by Gasteiger charge is -1.94. The van der Waals surface area contributed by atoms with Crippen molar-refractivity contribution in [1.82, 2.24) is 9.97 Å². The Morgan fingerprint density at radius 1 is 1.05 bits per heavy atom. The zero-order chi connectivity index (χ0) is 14.6. The van der Waals surface area contributed by atoms with E-state index in [9.17, 15) is 8.42 Å². The maximum Gasteiger partial charge on any atom is 0.261 e. The quantitative estimate of drug-likeness (QED) is 0.822. The molecule has 0 fully saturated rings. The fourth-order valence-electron chi connectivity index (χ4n) is 1.43. The predicted octanol–water partition coefficient (Wildman–Crippen LogP) is 3.26. The minimum atomic E-state index is -3.55. The maximum absolute atomic E-state index is 10.7. The van der Waals surface area contributed by atoms with E-state index in [4.69, 9.17) is 10.7 Å². The molecule has 0 atom stereocenters. The SMILES string of the molecule is Cc1ccc(S(=O)(=O)Cl)cc1.Cc1nc(C)c(C)[nH]1. The molecule has 0 unspecified atom stereocenters. The number of nitrogens with zero attached hydrogens (tertiary/aromatic N) is 1. The van der Waals surface area contributed by atoms with Crippen molar-refractivity contribution < 1.29 is 8.42 Å². The van der Waals surface area contributed by atoms with E-state index >= 15 is 0 Å². The number of rotatable bonds is 1. The van der Waals surface area contributed by atoms with Crippen molar-refractivity contribution in [3.63, 3.8) is 0 Å². The number of nitrogens with one attached hydrogen (secondary N) is 1. The van der Waals surface area contributed by atoms with Gasteiger partial charge in [-0.3, -0.25) is 0 Å². The summed E-state index contributed by atoms with van der Waals surface area (Å²) in [7, 11) is 1.54. The first-order chi connectivity index (χ1) is 8.70. The molecule has 1 heterocycles. The van der Waals surface area contributed by atoms with Gasteiger partial charge in [-0.25, -0.2) is 13.4 Å². The van der Waals surface area contributed by atoms with Crippen LogP contribution in [0.25, 0.3) is 0 Å². The third kappa shape index (κ3) is 5.04. The van der Waals surface area contributed by atoms with Crippen LogP contribution in [-0.4, -0.2) is 18.4 Å². The monoisotopic (exact) mass is 300 g/mol. The van der Waals surface area contributed by atoms with E-state index in [-0.39, 0.29) is 4.90 Å². The molecule has 0 aliphatic heterocycles. The molecule has 0 aliphatic carbocycles. The second-order valence-electron chi connectivity index (χ2n) is 4.28. The lowest BCUT2D eigenvalue weighted by Crippen LogP contribution is -1.89. The molecule has 1 aromatic heterocycles. The molecule has 0 saturated carbocycles. The molecule has 1 N–H and O–H groups in total. The molecule has 0 bridgehead atoms. The second kappa shape index (κ2) is 6.21. The highest BCUT2D eigenvalue weighted by Crippen LogP contribution is 2.14. The Bertz CT molecular complexity index is 626. The maximum atomic E-state index is 10.7. The van der Waals surface area contributed by atoms with Crippen molar-refractivity contribution in [2.24, 2.45) is 0 Å². The summed E-state index contributed by atoms with van der Waals surface area (Å²) >= 11 is 0. The molecule has 2 rings (SSSR count). The number of halogens is 1. The molecule has 0 radical (unpaired) electrons. The van der Waals surface area contributed by atoms with Crippen LogP contribution in [0.15, 0.2) is 29.2 Å². The standard InChI is InChI=1S/C7H7ClO2S.C6H10N2/c1-6-2-4-7(5-3-6)11(8,9)10;1-4-5(2)8-6(3)7-4/h2-5H,1H3;1-3H3,(H,7,8). The van der Waals surface area contributed by atoms with Gasteiger partial charge in [0.1, 0.15) is 5.82 Å². The van der Waals surface area contributed by atoms with Gasteiger partial charge in [-0.05, 0) is 39.8 Å². The zero-order valence-electron chi connectivity index (χ0n) is 11.4. The Morgan fingerprint density at radius 2 is 1.58 bits per heavy atom. The number of H-pyrrole nitrogens is 1. The van der Waals surface area contributed by atoms with Gasteiger partial charge in [0, 0.05) is 16.4 Å². The van der Waals surface area contributed by atoms with Crippen LogP contribution in [0.2, 0.25) is 0 Å². The molecule has 0 amide bonds. The number of aromatic nitrogens is 2. The van der Waals surface area contributed by atoms with Crippen LogP contribution in [0.3, 0.4) is 0 Å². The van der Waals surface area contributed by atoms with Crippen LogP contribution in [0.1, 0.15) is 22.8 Å². The van der Waals surface area contributed by atoms with E-state index in [2.05, 4.69) is 9.97 Å². The van der Waals surface area contributed by atoms with Gasteiger partial charge < -0.3 is 4.98 Å². The van der Waals surface area contributed by atoms with Crippen LogP contribution in [0.5, 0.6) is 0 Å². The summed E-state index contributed by atoms with van der Waals surface area (Å²) in [5.41, 5.74) is 3.28. The summed E-state index contributed by atoms with van der Waals surface area (Å²) in [6.07, 6.45) is 0. The van der Waals surface area contributed by atoms with E-state index < -0.39 is 9.05 Å². The molecular formula is C13H17ClN2O2S. The number of aromatic amines is 1. The molecule has 19 heavy (non-hydrogen) atoms. The van der Waals surface area contributed by atoms with Crippen molar-refractivity contribution in [3.05, 3.63) is 47.0 Å². The summed E-state index contributed by atoms with van der Waals surface area (Å²) in [5.74, 6) is 1.00. The van der Waals surface area contributed by atoms with Gasteiger partial charge in [-0.2, -0.15) is 0 Å². The van der Waals surface area contributed by atoms with Gasteiger partial charge in [0.15, 0.2) is 0 Å². The van der Waals surface area contributed by atoms with Crippen molar-refractivity contribution in [3.8, 4) is 0 Å². The largest absolute Gasteiger partial charge is 0.346 e. The first-order valence-electron chi connectivity index (χ1n) is 5.71. The third-order valence-corrected chi connectivity index (χ3v) is 3.92. The number of benzene rings is 1. The minimum absolute atomic E-state index is 0.143. The average molecular weight is 301 g/mol. The van der Waals surface area contributed by atoms with Crippen LogP contribution < -0.4 is 0 Å². The lowest BCUT2D eigenvalue weighted by molar-refractivity contribution is 0.609. The predicted molar refractivity (Wildman–Crippen MR) is 77.0 cm³/mol. The molecule has 2 aromatic rings.